The van der Waals surface area contributed by atoms with Crippen LogP contribution in [0, 0.1) is 17.8 Å². The van der Waals surface area contributed by atoms with Crippen LogP contribution in [-0.4, -0.2) is 42.8 Å². The molecule has 2 saturated carbocycles. The van der Waals surface area contributed by atoms with Crippen molar-refractivity contribution in [2.45, 2.75) is 38.3 Å². The normalized spacial score (nSPS) is 40.4. The first-order chi connectivity index (χ1) is 9.06. The molecule has 5 heteroatoms. The van der Waals surface area contributed by atoms with Gasteiger partial charge >= 0.3 is 5.97 Å². The molecule has 5 nitrogen and oxygen atoms in total. The summed E-state index contributed by atoms with van der Waals surface area (Å²) in [4.78, 5) is 11.7. The summed E-state index contributed by atoms with van der Waals surface area (Å²) in [5.74, 6) is 1.25. The van der Waals surface area contributed by atoms with Crippen LogP contribution in [0.4, 0.5) is 0 Å². The Bertz CT molecular complexity index is 391. The predicted molar refractivity (Wildman–Crippen MR) is 66.1 cm³/mol. The van der Waals surface area contributed by atoms with Crippen molar-refractivity contribution in [3.8, 4) is 0 Å². The number of carbonyl (C=O) groups excluding carboxylic acids is 1. The molecule has 0 radical (unpaired) electrons. The summed E-state index contributed by atoms with van der Waals surface area (Å²) in [6, 6.07) is 0. The van der Waals surface area contributed by atoms with Gasteiger partial charge in [-0.3, -0.25) is 0 Å². The van der Waals surface area contributed by atoms with E-state index in [0.717, 1.165) is 19.4 Å². The minimum atomic E-state index is -1.11. The van der Waals surface area contributed by atoms with Crippen molar-refractivity contribution < 1.29 is 24.1 Å². The molecule has 106 valence electrons. The fourth-order valence-electron chi connectivity index (χ4n) is 3.67. The van der Waals surface area contributed by atoms with E-state index in [1.54, 1.807) is 6.92 Å². The van der Waals surface area contributed by atoms with Crippen molar-refractivity contribution in [3.63, 3.8) is 0 Å². The number of ether oxygens (including phenoxy) is 3. The average Bonchev–Trinajstić information content (AvgIpc) is 2.97. The molecule has 3 rings (SSSR count). The molecular weight excluding hydrogens is 248 g/mol. The molecule has 2 bridgehead atoms. The Kier molecular flexibility index (Phi) is 3.37. The van der Waals surface area contributed by atoms with Crippen LogP contribution in [0.2, 0.25) is 0 Å². The maximum Gasteiger partial charge on any atom is 0.332 e. The number of carbonyl (C=O) groups is 1. The number of hydrogen-bond donors (Lipinski definition) is 1. The van der Waals surface area contributed by atoms with Gasteiger partial charge in [0.1, 0.15) is 12.7 Å². The van der Waals surface area contributed by atoms with Crippen molar-refractivity contribution in [1.82, 2.24) is 0 Å². The summed E-state index contributed by atoms with van der Waals surface area (Å²) < 4.78 is 16.2. The molecule has 5 unspecified atom stereocenters. The monoisotopic (exact) mass is 268 g/mol. The maximum atomic E-state index is 11.7. The summed E-state index contributed by atoms with van der Waals surface area (Å²) in [5, 5.41) is 9.39. The van der Waals surface area contributed by atoms with E-state index in [-0.39, 0.29) is 18.8 Å². The minimum Gasteiger partial charge on any atom is -0.458 e. The van der Waals surface area contributed by atoms with Gasteiger partial charge in [-0.2, -0.15) is 0 Å². The van der Waals surface area contributed by atoms with Gasteiger partial charge in [0, 0.05) is 0 Å². The van der Waals surface area contributed by atoms with Gasteiger partial charge in [-0.05, 0) is 43.1 Å². The summed E-state index contributed by atoms with van der Waals surface area (Å²) >= 11 is 0. The number of aliphatic hydroxyl groups excluding tert-OH is 1. The first kappa shape index (κ1) is 13.1. The summed E-state index contributed by atoms with van der Waals surface area (Å²) in [6.07, 6.45) is 1.07. The van der Waals surface area contributed by atoms with Gasteiger partial charge in [0.05, 0.1) is 12.7 Å². The molecule has 0 aromatic carbocycles. The largest absolute Gasteiger partial charge is 0.458 e. The van der Waals surface area contributed by atoms with E-state index in [0.29, 0.717) is 23.3 Å². The molecular formula is C14H20O5. The molecule has 0 aromatic rings. The Labute approximate surface area is 112 Å². The highest BCUT2D eigenvalue weighted by Gasteiger charge is 2.58. The highest BCUT2D eigenvalue weighted by Crippen LogP contribution is 2.54. The topological polar surface area (TPSA) is 65.0 Å². The van der Waals surface area contributed by atoms with Crippen molar-refractivity contribution in [2.75, 3.05) is 13.2 Å². The van der Waals surface area contributed by atoms with Crippen LogP contribution in [-0.2, 0) is 19.0 Å². The van der Waals surface area contributed by atoms with Gasteiger partial charge in [-0.1, -0.05) is 6.58 Å². The zero-order valence-electron chi connectivity index (χ0n) is 11.1. The third-order valence-corrected chi connectivity index (χ3v) is 4.55. The Morgan fingerprint density at radius 3 is 3.00 bits per heavy atom. The van der Waals surface area contributed by atoms with Gasteiger partial charge < -0.3 is 19.3 Å². The SMILES string of the molecule is C=C(C)[C@H](O)OCC(=O)OC1C2CC3COC1C3C2. The Balaban J connectivity index is 1.49. The van der Waals surface area contributed by atoms with Crippen LogP contribution < -0.4 is 0 Å². The van der Waals surface area contributed by atoms with Gasteiger partial charge in [-0.15, -0.1) is 0 Å². The molecule has 1 heterocycles. The van der Waals surface area contributed by atoms with Crippen molar-refractivity contribution in [3.05, 3.63) is 12.2 Å². The molecule has 0 aromatic heterocycles. The Morgan fingerprint density at radius 2 is 2.26 bits per heavy atom. The smallest absolute Gasteiger partial charge is 0.332 e. The van der Waals surface area contributed by atoms with E-state index < -0.39 is 12.3 Å². The lowest BCUT2D eigenvalue weighted by molar-refractivity contribution is -0.170. The highest BCUT2D eigenvalue weighted by molar-refractivity contribution is 5.71. The van der Waals surface area contributed by atoms with E-state index in [1.807, 2.05) is 0 Å². The average molecular weight is 268 g/mol. The van der Waals surface area contributed by atoms with Crippen molar-refractivity contribution >= 4 is 5.97 Å². The Morgan fingerprint density at radius 1 is 1.47 bits per heavy atom. The number of esters is 1. The second kappa shape index (κ2) is 4.89. The fraction of sp³-hybridized carbons (Fsp3) is 0.786. The predicted octanol–water partition coefficient (Wildman–Crippen LogP) is 0.864. The van der Waals surface area contributed by atoms with Crippen LogP contribution >= 0.6 is 0 Å². The van der Waals surface area contributed by atoms with Crippen molar-refractivity contribution in [2.24, 2.45) is 17.8 Å². The molecule has 1 N–H and O–H groups in total. The van der Waals surface area contributed by atoms with Gasteiger partial charge in [0.15, 0.2) is 6.29 Å². The highest BCUT2D eigenvalue weighted by atomic mass is 16.6. The lowest BCUT2D eigenvalue weighted by Crippen LogP contribution is -2.37. The van der Waals surface area contributed by atoms with Crippen LogP contribution in [0.1, 0.15) is 19.8 Å². The summed E-state index contributed by atoms with van der Waals surface area (Å²) in [6.45, 7) is 5.75. The molecule has 0 amide bonds. The fourth-order valence-corrected chi connectivity index (χ4v) is 3.67. The molecule has 3 fully saturated rings. The van der Waals surface area contributed by atoms with Crippen LogP contribution in [0.25, 0.3) is 0 Å². The summed E-state index contributed by atoms with van der Waals surface area (Å²) in [7, 11) is 0. The second-order valence-electron chi connectivity index (χ2n) is 5.92. The van der Waals surface area contributed by atoms with Crippen LogP contribution in [0.5, 0.6) is 0 Å². The number of rotatable bonds is 5. The van der Waals surface area contributed by atoms with Crippen LogP contribution in [0.3, 0.4) is 0 Å². The van der Waals surface area contributed by atoms with Crippen LogP contribution in [0.15, 0.2) is 12.2 Å². The molecule has 0 spiro atoms. The summed E-state index contributed by atoms with van der Waals surface area (Å²) in [5.41, 5.74) is 0.467. The van der Waals surface area contributed by atoms with E-state index in [4.69, 9.17) is 14.2 Å². The van der Waals surface area contributed by atoms with Gasteiger partial charge in [0.2, 0.25) is 0 Å². The van der Waals surface area contributed by atoms with Gasteiger partial charge in [-0.25, -0.2) is 4.79 Å². The first-order valence-corrected chi connectivity index (χ1v) is 6.82. The number of hydrogen-bond acceptors (Lipinski definition) is 5. The van der Waals surface area contributed by atoms with Crippen molar-refractivity contribution in [1.29, 1.82) is 0 Å². The van der Waals surface area contributed by atoms with E-state index in [2.05, 4.69) is 6.58 Å². The van der Waals surface area contributed by atoms with Gasteiger partial charge in [0.25, 0.3) is 0 Å². The quantitative estimate of drug-likeness (QED) is 0.455. The third kappa shape index (κ3) is 2.30. The molecule has 19 heavy (non-hydrogen) atoms. The van der Waals surface area contributed by atoms with E-state index in [9.17, 15) is 9.90 Å². The third-order valence-electron chi connectivity index (χ3n) is 4.55. The zero-order valence-corrected chi connectivity index (χ0v) is 11.1. The second-order valence-corrected chi connectivity index (χ2v) is 5.92. The molecule has 3 aliphatic rings. The standard InChI is InChI=1S/C14H20O5/c1-7(2)14(16)18-6-11(15)19-12-8-3-9-5-17-13(12)10(9)4-8/h8-10,12-14,16H,1,3-6H2,2H3/t8?,9?,10?,12?,13?,14-/m1/s1. The lowest BCUT2D eigenvalue weighted by Gasteiger charge is -2.26. The molecule has 2 aliphatic carbocycles. The lowest BCUT2D eigenvalue weighted by atomic mass is 9.88. The molecule has 1 aliphatic heterocycles. The zero-order chi connectivity index (χ0) is 13.6. The molecule has 1 saturated heterocycles. The Hall–Kier alpha value is -0.910. The first-order valence-electron chi connectivity index (χ1n) is 6.82. The minimum absolute atomic E-state index is 0.0822. The van der Waals surface area contributed by atoms with E-state index >= 15 is 0 Å². The molecule has 6 atom stereocenters. The maximum absolute atomic E-state index is 11.7. The number of aliphatic hydroxyl groups is 1. The van der Waals surface area contributed by atoms with E-state index in [1.165, 1.54) is 0 Å². The number of fused-ring (bicyclic) bond motifs is 1.